The normalized spacial score (nSPS) is 12.7. The summed E-state index contributed by atoms with van der Waals surface area (Å²) in [4.78, 5) is 42.9. The topological polar surface area (TPSA) is 87.7 Å². The summed E-state index contributed by atoms with van der Waals surface area (Å²) in [6.07, 6.45) is 6.47. The fourth-order valence-electron chi connectivity index (χ4n) is 4.75. The second-order valence-electron chi connectivity index (χ2n) is 11.8. The summed E-state index contributed by atoms with van der Waals surface area (Å²) in [5, 5.41) is 5.90. The van der Waals surface area contributed by atoms with Gasteiger partial charge in [0.05, 0.1) is 0 Å². The van der Waals surface area contributed by atoms with Gasteiger partial charge in [-0.25, -0.2) is 4.79 Å². The molecular weight excluding hydrogens is 514 g/mol. The molecule has 2 atom stereocenters. The number of hydrogen-bond acceptors (Lipinski definition) is 4. The van der Waals surface area contributed by atoms with Crippen LogP contribution in [0.1, 0.15) is 102 Å². The van der Waals surface area contributed by atoms with Gasteiger partial charge in [-0.15, -0.1) is 0 Å². The van der Waals surface area contributed by atoms with Crippen LogP contribution < -0.4 is 10.6 Å². The van der Waals surface area contributed by atoms with Crippen LogP contribution in [0.15, 0.2) is 54.6 Å². The van der Waals surface area contributed by atoms with Crippen LogP contribution in [0.4, 0.5) is 4.79 Å². The summed E-state index contributed by atoms with van der Waals surface area (Å²) in [5.41, 5.74) is 1.96. The molecule has 226 valence electrons. The van der Waals surface area contributed by atoms with Crippen molar-refractivity contribution in [3.8, 4) is 0 Å². The van der Waals surface area contributed by atoms with Gasteiger partial charge in [0, 0.05) is 19.5 Å². The fourth-order valence-corrected chi connectivity index (χ4v) is 4.75. The number of rotatable bonds is 16. The summed E-state index contributed by atoms with van der Waals surface area (Å²) < 4.78 is 5.53. The van der Waals surface area contributed by atoms with Crippen molar-refractivity contribution < 1.29 is 19.1 Å². The molecule has 0 aliphatic heterocycles. The van der Waals surface area contributed by atoms with E-state index in [1.54, 1.807) is 25.7 Å². The van der Waals surface area contributed by atoms with Gasteiger partial charge in [-0.1, -0.05) is 106 Å². The first-order valence-corrected chi connectivity index (χ1v) is 15.2. The molecule has 0 heterocycles. The Morgan fingerprint density at radius 1 is 0.878 bits per heavy atom. The number of nitrogens with one attached hydrogen (secondary N) is 2. The maximum Gasteiger partial charge on any atom is 0.408 e. The van der Waals surface area contributed by atoms with Crippen LogP contribution in [-0.4, -0.2) is 47.5 Å². The van der Waals surface area contributed by atoms with E-state index in [2.05, 4.69) is 24.5 Å². The molecule has 0 saturated heterocycles. The van der Waals surface area contributed by atoms with Crippen LogP contribution in [-0.2, 0) is 20.7 Å². The lowest BCUT2D eigenvalue weighted by molar-refractivity contribution is -0.142. The third-order valence-electron chi connectivity index (χ3n) is 6.80. The maximum absolute atomic E-state index is 14.5. The summed E-state index contributed by atoms with van der Waals surface area (Å²) in [7, 11) is 0. The third kappa shape index (κ3) is 12.4. The van der Waals surface area contributed by atoms with E-state index in [-0.39, 0.29) is 18.2 Å². The van der Waals surface area contributed by atoms with Gasteiger partial charge in [0.1, 0.15) is 17.7 Å². The van der Waals surface area contributed by atoms with Gasteiger partial charge < -0.3 is 20.3 Å². The Morgan fingerprint density at radius 2 is 1.56 bits per heavy atom. The minimum absolute atomic E-state index is 0.207. The van der Waals surface area contributed by atoms with Gasteiger partial charge in [-0.2, -0.15) is 0 Å². The molecular formula is C34H51N3O4. The summed E-state index contributed by atoms with van der Waals surface area (Å²) in [6.45, 7) is 12.5. The molecule has 41 heavy (non-hydrogen) atoms. The quantitative estimate of drug-likeness (QED) is 0.217. The van der Waals surface area contributed by atoms with E-state index in [4.69, 9.17) is 4.74 Å². The van der Waals surface area contributed by atoms with E-state index in [1.165, 1.54) is 0 Å². The number of carbonyl (C=O) groups is 3. The van der Waals surface area contributed by atoms with Crippen molar-refractivity contribution in [1.82, 2.24) is 15.5 Å². The molecule has 0 saturated carbocycles. The first-order valence-electron chi connectivity index (χ1n) is 15.2. The number of nitrogens with zero attached hydrogens (tertiary/aromatic N) is 1. The van der Waals surface area contributed by atoms with Crippen molar-refractivity contribution in [3.05, 3.63) is 71.3 Å². The predicted octanol–water partition coefficient (Wildman–Crippen LogP) is 6.89. The Balaban J connectivity index is 2.51. The number of carbonyl (C=O) groups excluding carboxylic acids is 3. The average molecular weight is 566 g/mol. The van der Waals surface area contributed by atoms with E-state index in [0.717, 1.165) is 61.6 Å². The molecule has 2 unspecified atom stereocenters. The Hall–Kier alpha value is -3.35. The lowest BCUT2D eigenvalue weighted by Gasteiger charge is -2.35. The molecule has 7 nitrogen and oxygen atoms in total. The highest BCUT2D eigenvalue weighted by atomic mass is 16.6. The van der Waals surface area contributed by atoms with Crippen LogP contribution >= 0.6 is 0 Å². The molecule has 2 aromatic carbocycles. The highest BCUT2D eigenvalue weighted by Gasteiger charge is 2.36. The zero-order valence-corrected chi connectivity index (χ0v) is 26.0. The zero-order valence-electron chi connectivity index (χ0n) is 26.0. The number of amides is 3. The maximum atomic E-state index is 14.5. The molecule has 0 aromatic heterocycles. The summed E-state index contributed by atoms with van der Waals surface area (Å²) >= 11 is 0. The molecule has 0 spiro atoms. The molecule has 2 N–H and O–H groups in total. The van der Waals surface area contributed by atoms with Gasteiger partial charge in [0.15, 0.2) is 0 Å². The standard InChI is InChI=1S/C34H51N3O4/c1-7-9-11-12-16-23-37(30(31(38)35-22-10-8-2)28-21-17-18-26(3)24-28)32(39)29(25-27-19-14-13-15-20-27)36-33(40)41-34(4,5)6/h13-15,17-21,24,29-30H,7-12,16,22-23,25H2,1-6H3,(H,35,38)(H,36,40). The van der Waals surface area contributed by atoms with E-state index in [9.17, 15) is 14.4 Å². The van der Waals surface area contributed by atoms with Crippen molar-refractivity contribution in [2.45, 2.75) is 111 Å². The van der Waals surface area contributed by atoms with Gasteiger partial charge in [0.25, 0.3) is 0 Å². The van der Waals surface area contributed by atoms with E-state index < -0.39 is 23.8 Å². The van der Waals surface area contributed by atoms with Crippen molar-refractivity contribution in [1.29, 1.82) is 0 Å². The van der Waals surface area contributed by atoms with Gasteiger partial charge in [0.2, 0.25) is 11.8 Å². The largest absolute Gasteiger partial charge is 0.444 e. The van der Waals surface area contributed by atoms with Crippen molar-refractivity contribution in [3.63, 3.8) is 0 Å². The van der Waals surface area contributed by atoms with Crippen molar-refractivity contribution in [2.24, 2.45) is 0 Å². The molecule has 0 bridgehead atoms. The molecule has 0 aliphatic rings. The number of aryl methyl sites for hydroxylation is 1. The van der Waals surface area contributed by atoms with Crippen LogP contribution in [0, 0.1) is 6.92 Å². The lowest BCUT2D eigenvalue weighted by Crippen LogP contribution is -2.54. The van der Waals surface area contributed by atoms with Gasteiger partial charge in [-0.3, -0.25) is 9.59 Å². The molecule has 0 fully saturated rings. The van der Waals surface area contributed by atoms with Crippen molar-refractivity contribution >= 4 is 17.9 Å². The molecule has 2 aromatic rings. The van der Waals surface area contributed by atoms with E-state index in [1.807, 2.05) is 61.5 Å². The molecule has 0 aliphatic carbocycles. The molecule has 3 amide bonds. The van der Waals surface area contributed by atoms with E-state index in [0.29, 0.717) is 13.1 Å². The van der Waals surface area contributed by atoms with Crippen LogP contribution in [0.2, 0.25) is 0 Å². The minimum atomic E-state index is -0.904. The number of benzene rings is 2. The molecule has 2 rings (SSSR count). The minimum Gasteiger partial charge on any atom is -0.444 e. The van der Waals surface area contributed by atoms with Crippen LogP contribution in [0.5, 0.6) is 0 Å². The smallest absolute Gasteiger partial charge is 0.408 e. The first kappa shape index (κ1) is 33.9. The van der Waals surface area contributed by atoms with Crippen molar-refractivity contribution in [2.75, 3.05) is 13.1 Å². The highest BCUT2D eigenvalue weighted by Crippen LogP contribution is 2.25. The first-order chi connectivity index (χ1) is 19.6. The molecule has 0 radical (unpaired) electrons. The van der Waals surface area contributed by atoms with Crippen LogP contribution in [0.3, 0.4) is 0 Å². The fraction of sp³-hybridized carbons (Fsp3) is 0.559. The Labute approximate surface area is 247 Å². The predicted molar refractivity (Wildman–Crippen MR) is 166 cm³/mol. The number of unbranched alkanes of at least 4 members (excludes halogenated alkanes) is 5. The van der Waals surface area contributed by atoms with Crippen LogP contribution in [0.25, 0.3) is 0 Å². The Bertz CT molecular complexity index is 1080. The second-order valence-corrected chi connectivity index (χ2v) is 11.8. The zero-order chi connectivity index (χ0) is 30.3. The van der Waals surface area contributed by atoms with E-state index >= 15 is 0 Å². The van der Waals surface area contributed by atoms with Gasteiger partial charge >= 0.3 is 6.09 Å². The second kappa shape index (κ2) is 17.5. The molecule has 7 heteroatoms. The van der Waals surface area contributed by atoms with Gasteiger partial charge in [-0.05, 0) is 51.7 Å². The lowest BCUT2D eigenvalue weighted by atomic mass is 9.98. The Morgan fingerprint density at radius 3 is 2.20 bits per heavy atom. The SMILES string of the molecule is CCCCCCCN(C(=O)C(Cc1ccccc1)NC(=O)OC(C)(C)C)C(C(=O)NCCCC)c1cccc(C)c1. The summed E-state index contributed by atoms with van der Waals surface area (Å²) in [5.74, 6) is -0.506. The summed E-state index contributed by atoms with van der Waals surface area (Å²) in [6, 6.07) is 15.6. The number of alkyl carbamates (subject to hydrolysis) is 1. The number of hydrogen-bond donors (Lipinski definition) is 2. The Kier molecular flexibility index (Phi) is 14.4. The third-order valence-corrected chi connectivity index (χ3v) is 6.80. The average Bonchev–Trinajstić information content (AvgIpc) is 2.91. The monoisotopic (exact) mass is 565 g/mol. The number of ether oxygens (including phenoxy) is 1. The highest BCUT2D eigenvalue weighted by molar-refractivity contribution is 5.92.